The Hall–Kier alpha value is -1.81. The van der Waals surface area contributed by atoms with Crippen molar-refractivity contribution in [3.63, 3.8) is 0 Å². The quantitative estimate of drug-likeness (QED) is 0.669. The van der Waals surface area contributed by atoms with E-state index in [0.717, 1.165) is 36.6 Å². The number of aromatic nitrogens is 1. The zero-order valence-corrected chi connectivity index (χ0v) is 11.0. The highest BCUT2D eigenvalue weighted by Gasteiger charge is 2.09. The number of H-pyrrole nitrogens is 1. The molecule has 0 unspecified atom stereocenters. The molecule has 102 valence electrons. The molecule has 19 heavy (non-hydrogen) atoms. The number of unbranched alkanes of at least 4 members (excludes halogenated alkanes) is 3. The third kappa shape index (κ3) is 3.58. The number of aliphatic hydroxyl groups excluding tert-OH is 1. The van der Waals surface area contributed by atoms with Crippen molar-refractivity contribution in [3.05, 3.63) is 36.0 Å². The fourth-order valence-corrected chi connectivity index (χ4v) is 2.17. The lowest BCUT2D eigenvalue weighted by atomic mass is 10.1. The molecule has 0 aliphatic rings. The molecule has 4 nitrogen and oxygen atoms in total. The Bertz CT molecular complexity index is 534. The van der Waals surface area contributed by atoms with Gasteiger partial charge in [-0.15, -0.1) is 0 Å². The molecule has 0 aliphatic heterocycles. The van der Waals surface area contributed by atoms with Gasteiger partial charge in [0.2, 0.25) is 0 Å². The van der Waals surface area contributed by atoms with Gasteiger partial charge in [0.1, 0.15) is 0 Å². The minimum atomic E-state index is -0.0210. The predicted octanol–water partition coefficient (Wildman–Crippen LogP) is 2.45. The van der Waals surface area contributed by atoms with Gasteiger partial charge in [0.15, 0.2) is 0 Å². The summed E-state index contributed by atoms with van der Waals surface area (Å²) in [5.41, 5.74) is 1.70. The molecular formula is C15H20N2O2. The average Bonchev–Trinajstić information content (AvgIpc) is 2.90. The summed E-state index contributed by atoms with van der Waals surface area (Å²) in [6.07, 6.45) is 5.69. The number of carbonyl (C=O) groups is 1. The van der Waals surface area contributed by atoms with Crippen molar-refractivity contribution in [2.45, 2.75) is 25.7 Å². The summed E-state index contributed by atoms with van der Waals surface area (Å²) >= 11 is 0. The lowest BCUT2D eigenvalue weighted by Gasteiger charge is -2.06. The number of rotatable bonds is 7. The summed E-state index contributed by atoms with van der Waals surface area (Å²) in [6.45, 7) is 0.937. The average molecular weight is 260 g/mol. The second-order valence-corrected chi connectivity index (χ2v) is 4.64. The molecule has 1 aromatic carbocycles. The molecule has 1 aromatic heterocycles. The second-order valence-electron chi connectivity index (χ2n) is 4.64. The minimum absolute atomic E-state index is 0.0210. The van der Waals surface area contributed by atoms with Crippen LogP contribution in [0, 0.1) is 0 Å². The SMILES string of the molecule is O=C(NCCCCCCO)c1cccc2[nH]ccc12. The lowest BCUT2D eigenvalue weighted by molar-refractivity contribution is 0.0954. The molecule has 0 bridgehead atoms. The van der Waals surface area contributed by atoms with Gasteiger partial charge < -0.3 is 15.4 Å². The number of fused-ring (bicyclic) bond motifs is 1. The van der Waals surface area contributed by atoms with E-state index in [9.17, 15) is 4.79 Å². The van der Waals surface area contributed by atoms with E-state index in [4.69, 9.17) is 5.11 Å². The number of hydrogen-bond donors (Lipinski definition) is 3. The molecule has 0 fully saturated rings. The smallest absolute Gasteiger partial charge is 0.251 e. The first-order valence-corrected chi connectivity index (χ1v) is 6.78. The number of aromatic amines is 1. The third-order valence-corrected chi connectivity index (χ3v) is 3.21. The fourth-order valence-electron chi connectivity index (χ4n) is 2.17. The van der Waals surface area contributed by atoms with Crippen molar-refractivity contribution in [1.29, 1.82) is 0 Å². The van der Waals surface area contributed by atoms with E-state index in [1.165, 1.54) is 0 Å². The van der Waals surface area contributed by atoms with Crippen LogP contribution in [0.25, 0.3) is 10.9 Å². The maximum absolute atomic E-state index is 12.1. The van der Waals surface area contributed by atoms with Gasteiger partial charge in [-0.1, -0.05) is 18.9 Å². The highest BCUT2D eigenvalue weighted by atomic mass is 16.2. The normalized spacial score (nSPS) is 10.8. The van der Waals surface area contributed by atoms with Crippen LogP contribution >= 0.6 is 0 Å². The van der Waals surface area contributed by atoms with Gasteiger partial charge in [-0.3, -0.25) is 4.79 Å². The molecule has 0 aliphatic carbocycles. The summed E-state index contributed by atoms with van der Waals surface area (Å²) < 4.78 is 0. The zero-order chi connectivity index (χ0) is 13.5. The Morgan fingerprint density at radius 3 is 2.84 bits per heavy atom. The number of benzene rings is 1. The molecule has 0 saturated heterocycles. The zero-order valence-electron chi connectivity index (χ0n) is 11.0. The van der Waals surface area contributed by atoms with Crippen molar-refractivity contribution in [1.82, 2.24) is 10.3 Å². The molecule has 2 rings (SSSR count). The first-order chi connectivity index (χ1) is 9.33. The van der Waals surface area contributed by atoms with E-state index in [1.54, 1.807) is 0 Å². The van der Waals surface area contributed by atoms with Gasteiger partial charge in [-0.05, 0) is 31.0 Å². The van der Waals surface area contributed by atoms with Crippen LogP contribution in [0.4, 0.5) is 0 Å². The Balaban J connectivity index is 1.85. The molecule has 0 saturated carbocycles. The summed E-state index contributed by atoms with van der Waals surface area (Å²) in [5.74, 6) is -0.0210. The number of hydrogen-bond acceptors (Lipinski definition) is 2. The van der Waals surface area contributed by atoms with E-state index in [-0.39, 0.29) is 12.5 Å². The van der Waals surface area contributed by atoms with Crippen molar-refractivity contribution < 1.29 is 9.90 Å². The molecule has 0 radical (unpaired) electrons. The van der Waals surface area contributed by atoms with Gasteiger partial charge in [0.25, 0.3) is 5.91 Å². The summed E-state index contributed by atoms with van der Waals surface area (Å²) in [6, 6.07) is 7.61. The van der Waals surface area contributed by atoms with Crippen LogP contribution in [0.2, 0.25) is 0 Å². The topological polar surface area (TPSA) is 65.1 Å². The van der Waals surface area contributed by atoms with E-state index in [2.05, 4.69) is 10.3 Å². The maximum Gasteiger partial charge on any atom is 0.251 e. The van der Waals surface area contributed by atoms with Crippen molar-refractivity contribution >= 4 is 16.8 Å². The second kappa shape index (κ2) is 6.95. The Morgan fingerprint density at radius 1 is 1.16 bits per heavy atom. The van der Waals surface area contributed by atoms with Crippen LogP contribution in [-0.4, -0.2) is 29.1 Å². The van der Waals surface area contributed by atoms with Gasteiger partial charge in [0, 0.05) is 35.8 Å². The number of aliphatic hydroxyl groups is 1. The number of carbonyl (C=O) groups excluding carboxylic acids is 1. The lowest BCUT2D eigenvalue weighted by Crippen LogP contribution is -2.24. The van der Waals surface area contributed by atoms with Crippen LogP contribution in [0.3, 0.4) is 0 Å². The maximum atomic E-state index is 12.1. The Labute approximate surface area is 112 Å². The van der Waals surface area contributed by atoms with E-state index >= 15 is 0 Å². The molecule has 2 aromatic rings. The van der Waals surface area contributed by atoms with Crippen molar-refractivity contribution in [2.75, 3.05) is 13.2 Å². The van der Waals surface area contributed by atoms with Crippen molar-refractivity contribution in [2.24, 2.45) is 0 Å². The van der Waals surface area contributed by atoms with Crippen molar-refractivity contribution in [3.8, 4) is 0 Å². The third-order valence-electron chi connectivity index (χ3n) is 3.21. The first-order valence-electron chi connectivity index (χ1n) is 6.78. The van der Waals surface area contributed by atoms with Gasteiger partial charge >= 0.3 is 0 Å². The fraction of sp³-hybridized carbons (Fsp3) is 0.400. The van der Waals surface area contributed by atoms with Gasteiger partial charge in [-0.25, -0.2) is 0 Å². The Morgan fingerprint density at radius 2 is 2.00 bits per heavy atom. The number of amides is 1. The number of nitrogens with one attached hydrogen (secondary N) is 2. The standard InChI is InChI=1S/C15H20N2O2/c18-11-4-2-1-3-9-17-15(19)13-6-5-7-14-12(13)8-10-16-14/h5-8,10,16,18H,1-4,9,11H2,(H,17,19). The summed E-state index contributed by atoms with van der Waals surface area (Å²) in [7, 11) is 0. The van der Waals surface area contributed by atoms with E-state index in [0.29, 0.717) is 12.1 Å². The van der Waals surface area contributed by atoms with Crippen LogP contribution in [0.1, 0.15) is 36.0 Å². The molecular weight excluding hydrogens is 240 g/mol. The summed E-state index contributed by atoms with van der Waals surface area (Å²) in [5, 5.41) is 12.6. The first kappa shape index (κ1) is 13.6. The van der Waals surface area contributed by atoms with Crippen LogP contribution in [-0.2, 0) is 0 Å². The minimum Gasteiger partial charge on any atom is -0.396 e. The molecule has 3 N–H and O–H groups in total. The molecule has 1 heterocycles. The largest absolute Gasteiger partial charge is 0.396 e. The van der Waals surface area contributed by atoms with Gasteiger partial charge in [-0.2, -0.15) is 0 Å². The van der Waals surface area contributed by atoms with Crippen LogP contribution in [0.5, 0.6) is 0 Å². The predicted molar refractivity (Wildman–Crippen MR) is 76.2 cm³/mol. The molecule has 1 amide bonds. The molecule has 0 atom stereocenters. The summed E-state index contributed by atoms with van der Waals surface area (Å²) in [4.78, 5) is 15.2. The highest BCUT2D eigenvalue weighted by molar-refractivity contribution is 6.06. The van der Waals surface area contributed by atoms with Crippen LogP contribution < -0.4 is 5.32 Å². The highest BCUT2D eigenvalue weighted by Crippen LogP contribution is 2.17. The molecule has 0 spiro atoms. The molecule has 4 heteroatoms. The monoisotopic (exact) mass is 260 g/mol. The van der Waals surface area contributed by atoms with E-state index < -0.39 is 0 Å². The Kier molecular flexibility index (Phi) is 4.98. The van der Waals surface area contributed by atoms with Gasteiger partial charge in [0.05, 0.1) is 0 Å². The van der Waals surface area contributed by atoms with E-state index in [1.807, 2.05) is 30.5 Å². The van der Waals surface area contributed by atoms with Crippen LogP contribution in [0.15, 0.2) is 30.5 Å².